The smallest absolute Gasteiger partial charge is 0.255 e. The number of nitrogen functional groups attached to an aromatic ring is 1. The minimum Gasteiger partial charge on any atom is -0.399 e. The van der Waals surface area contributed by atoms with E-state index in [-0.39, 0.29) is 11.5 Å². The molecular formula is C15H15N3O2. The van der Waals surface area contributed by atoms with Crippen LogP contribution in [0.3, 0.4) is 0 Å². The number of carbonyl (C=O) groups is 2. The third-order valence-corrected chi connectivity index (χ3v) is 2.80. The predicted octanol–water partition coefficient (Wildman–Crippen LogP) is 1.93. The van der Waals surface area contributed by atoms with E-state index in [0.717, 1.165) is 5.56 Å². The molecule has 0 aliphatic rings. The van der Waals surface area contributed by atoms with Crippen LogP contribution in [0, 0.1) is 6.92 Å². The van der Waals surface area contributed by atoms with Gasteiger partial charge in [-0.1, -0.05) is 12.1 Å². The molecule has 0 aliphatic carbocycles. The standard InChI is InChI=1S/C15H15N3O2/c1-9-6-10(8-11(16)7-9)15(20)18-13-5-3-2-4-12(13)14(17)19/h2-8H,16H2,1H3,(H2,17,19)(H,18,20). The summed E-state index contributed by atoms with van der Waals surface area (Å²) in [5.74, 6) is -0.932. The number of primary amides is 1. The summed E-state index contributed by atoms with van der Waals surface area (Å²) in [6.07, 6.45) is 0. The molecule has 0 saturated carbocycles. The summed E-state index contributed by atoms with van der Waals surface area (Å²) in [5.41, 5.74) is 13.5. The summed E-state index contributed by atoms with van der Waals surface area (Å²) >= 11 is 0. The van der Waals surface area contributed by atoms with E-state index in [0.29, 0.717) is 16.9 Å². The van der Waals surface area contributed by atoms with Gasteiger partial charge in [-0.3, -0.25) is 9.59 Å². The van der Waals surface area contributed by atoms with Crippen molar-refractivity contribution in [2.24, 2.45) is 5.73 Å². The third kappa shape index (κ3) is 2.95. The number of anilines is 2. The summed E-state index contributed by atoms with van der Waals surface area (Å²) in [5, 5.41) is 2.67. The van der Waals surface area contributed by atoms with Gasteiger partial charge in [0, 0.05) is 11.3 Å². The molecule has 0 bridgehead atoms. The number of hydrogen-bond donors (Lipinski definition) is 3. The molecule has 0 spiro atoms. The van der Waals surface area contributed by atoms with Crippen LogP contribution in [0.5, 0.6) is 0 Å². The second-order valence-corrected chi connectivity index (χ2v) is 4.50. The molecule has 0 atom stereocenters. The lowest BCUT2D eigenvalue weighted by molar-refractivity contribution is 0.100. The van der Waals surface area contributed by atoms with Gasteiger partial charge < -0.3 is 16.8 Å². The lowest BCUT2D eigenvalue weighted by Crippen LogP contribution is -2.18. The molecule has 0 unspecified atom stereocenters. The van der Waals surface area contributed by atoms with Gasteiger partial charge in [-0.15, -0.1) is 0 Å². The quantitative estimate of drug-likeness (QED) is 0.742. The highest BCUT2D eigenvalue weighted by Gasteiger charge is 2.12. The molecule has 2 amide bonds. The molecule has 2 rings (SSSR count). The largest absolute Gasteiger partial charge is 0.399 e. The summed E-state index contributed by atoms with van der Waals surface area (Å²) in [7, 11) is 0. The predicted molar refractivity (Wildman–Crippen MR) is 78.5 cm³/mol. The van der Waals surface area contributed by atoms with Crippen LogP contribution in [-0.2, 0) is 0 Å². The zero-order valence-corrected chi connectivity index (χ0v) is 11.0. The number of aryl methyl sites for hydroxylation is 1. The molecule has 0 radical (unpaired) electrons. The second-order valence-electron chi connectivity index (χ2n) is 4.50. The van der Waals surface area contributed by atoms with Crippen molar-refractivity contribution in [2.45, 2.75) is 6.92 Å². The number of hydrogen-bond acceptors (Lipinski definition) is 3. The van der Waals surface area contributed by atoms with E-state index in [1.165, 1.54) is 0 Å². The first-order valence-corrected chi connectivity index (χ1v) is 6.04. The van der Waals surface area contributed by atoms with E-state index in [2.05, 4.69) is 5.32 Å². The summed E-state index contributed by atoms with van der Waals surface area (Å²) in [4.78, 5) is 23.5. The van der Waals surface area contributed by atoms with Crippen molar-refractivity contribution in [3.63, 3.8) is 0 Å². The molecule has 5 N–H and O–H groups in total. The van der Waals surface area contributed by atoms with Crippen molar-refractivity contribution in [1.82, 2.24) is 0 Å². The lowest BCUT2D eigenvalue weighted by atomic mass is 10.1. The van der Waals surface area contributed by atoms with Crippen LogP contribution < -0.4 is 16.8 Å². The van der Waals surface area contributed by atoms with Crippen molar-refractivity contribution in [2.75, 3.05) is 11.1 Å². The van der Waals surface area contributed by atoms with Crippen molar-refractivity contribution in [1.29, 1.82) is 0 Å². The van der Waals surface area contributed by atoms with Gasteiger partial charge in [-0.2, -0.15) is 0 Å². The zero-order valence-electron chi connectivity index (χ0n) is 11.0. The van der Waals surface area contributed by atoms with E-state index in [1.54, 1.807) is 42.5 Å². The number of nitrogens with one attached hydrogen (secondary N) is 1. The van der Waals surface area contributed by atoms with Crippen molar-refractivity contribution >= 4 is 23.2 Å². The maximum atomic E-state index is 12.2. The Morgan fingerprint density at radius 3 is 2.45 bits per heavy atom. The van der Waals surface area contributed by atoms with E-state index >= 15 is 0 Å². The summed E-state index contributed by atoms with van der Waals surface area (Å²) < 4.78 is 0. The van der Waals surface area contributed by atoms with Gasteiger partial charge >= 0.3 is 0 Å². The summed E-state index contributed by atoms with van der Waals surface area (Å²) in [6, 6.07) is 11.6. The van der Waals surface area contributed by atoms with E-state index in [4.69, 9.17) is 11.5 Å². The normalized spacial score (nSPS) is 10.1. The summed E-state index contributed by atoms with van der Waals surface area (Å²) in [6.45, 7) is 1.85. The van der Waals surface area contributed by atoms with Gasteiger partial charge in [0.05, 0.1) is 11.3 Å². The minimum atomic E-state index is -0.593. The van der Waals surface area contributed by atoms with Gasteiger partial charge in [0.2, 0.25) is 0 Å². The Hall–Kier alpha value is -2.82. The molecule has 102 valence electrons. The van der Waals surface area contributed by atoms with Crippen LogP contribution in [0.15, 0.2) is 42.5 Å². The molecule has 20 heavy (non-hydrogen) atoms. The zero-order chi connectivity index (χ0) is 14.7. The SMILES string of the molecule is Cc1cc(N)cc(C(=O)Nc2ccccc2C(N)=O)c1. The number of benzene rings is 2. The average molecular weight is 269 g/mol. The molecular weight excluding hydrogens is 254 g/mol. The molecule has 2 aromatic carbocycles. The average Bonchev–Trinajstić information content (AvgIpc) is 2.37. The number of amides is 2. The molecule has 0 heterocycles. The number of nitrogens with two attached hydrogens (primary N) is 2. The maximum absolute atomic E-state index is 12.2. The molecule has 0 fully saturated rings. The van der Waals surface area contributed by atoms with Gasteiger partial charge in [0.25, 0.3) is 11.8 Å². The first-order chi connectivity index (χ1) is 9.47. The molecule has 5 heteroatoms. The van der Waals surface area contributed by atoms with Gasteiger partial charge in [0.15, 0.2) is 0 Å². The van der Waals surface area contributed by atoms with Crippen LogP contribution in [-0.4, -0.2) is 11.8 Å². The van der Waals surface area contributed by atoms with Crippen molar-refractivity contribution in [3.8, 4) is 0 Å². The van der Waals surface area contributed by atoms with E-state index in [1.807, 2.05) is 6.92 Å². The Bertz CT molecular complexity index is 660. The highest BCUT2D eigenvalue weighted by molar-refractivity contribution is 6.09. The first kappa shape index (κ1) is 13.6. The number of carbonyl (C=O) groups excluding carboxylic acids is 2. The fourth-order valence-corrected chi connectivity index (χ4v) is 1.95. The Kier molecular flexibility index (Phi) is 3.70. The van der Waals surface area contributed by atoms with Crippen LogP contribution >= 0.6 is 0 Å². The third-order valence-electron chi connectivity index (χ3n) is 2.80. The Morgan fingerprint density at radius 1 is 1.10 bits per heavy atom. The minimum absolute atomic E-state index is 0.265. The first-order valence-electron chi connectivity index (χ1n) is 6.04. The fourth-order valence-electron chi connectivity index (χ4n) is 1.95. The van der Waals surface area contributed by atoms with Crippen molar-refractivity contribution in [3.05, 3.63) is 59.2 Å². The molecule has 0 saturated heterocycles. The Labute approximate surface area is 116 Å². The molecule has 2 aromatic rings. The van der Waals surface area contributed by atoms with Crippen LogP contribution in [0.25, 0.3) is 0 Å². The van der Waals surface area contributed by atoms with Crippen molar-refractivity contribution < 1.29 is 9.59 Å². The highest BCUT2D eigenvalue weighted by atomic mass is 16.2. The number of para-hydroxylation sites is 1. The second kappa shape index (κ2) is 5.44. The van der Waals surface area contributed by atoms with Gasteiger partial charge in [0.1, 0.15) is 0 Å². The molecule has 0 aromatic heterocycles. The number of rotatable bonds is 3. The monoisotopic (exact) mass is 269 g/mol. The maximum Gasteiger partial charge on any atom is 0.255 e. The van der Waals surface area contributed by atoms with Crippen LogP contribution in [0.4, 0.5) is 11.4 Å². The van der Waals surface area contributed by atoms with Gasteiger partial charge in [-0.25, -0.2) is 0 Å². The Balaban J connectivity index is 2.30. The molecule has 0 aliphatic heterocycles. The van der Waals surface area contributed by atoms with Crippen LogP contribution in [0.2, 0.25) is 0 Å². The topological polar surface area (TPSA) is 98.2 Å². The fraction of sp³-hybridized carbons (Fsp3) is 0.0667. The van der Waals surface area contributed by atoms with Crippen LogP contribution in [0.1, 0.15) is 26.3 Å². The highest BCUT2D eigenvalue weighted by Crippen LogP contribution is 2.17. The van der Waals surface area contributed by atoms with E-state index in [9.17, 15) is 9.59 Å². The lowest BCUT2D eigenvalue weighted by Gasteiger charge is -2.09. The van der Waals surface area contributed by atoms with E-state index < -0.39 is 5.91 Å². The Morgan fingerprint density at radius 2 is 1.80 bits per heavy atom. The molecule has 5 nitrogen and oxygen atoms in total. The van der Waals surface area contributed by atoms with Gasteiger partial charge in [-0.05, 0) is 42.8 Å².